The first-order valence-electron chi connectivity index (χ1n) is 10.4. The van der Waals surface area contributed by atoms with Crippen molar-refractivity contribution in [3.63, 3.8) is 0 Å². The summed E-state index contributed by atoms with van der Waals surface area (Å²) in [6, 6.07) is 15.4. The summed E-state index contributed by atoms with van der Waals surface area (Å²) in [5, 5.41) is 3.67. The molecule has 4 aromatic rings. The van der Waals surface area contributed by atoms with E-state index in [-0.39, 0.29) is 0 Å². The van der Waals surface area contributed by atoms with E-state index in [9.17, 15) is 0 Å². The van der Waals surface area contributed by atoms with Gasteiger partial charge in [-0.25, -0.2) is 15.0 Å². The molecule has 0 aliphatic carbocycles. The highest BCUT2D eigenvalue weighted by Crippen LogP contribution is 2.28. The largest absolute Gasteiger partial charge is 0.492 e. The molecule has 8 heteroatoms. The maximum atomic E-state index is 6.40. The van der Waals surface area contributed by atoms with Crippen molar-refractivity contribution in [2.45, 2.75) is 12.8 Å². The first-order valence-corrected chi connectivity index (χ1v) is 10.8. The monoisotopic (exact) mass is 434 g/mol. The van der Waals surface area contributed by atoms with Gasteiger partial charge in [-0.2, -0.15) is 0 Å². The van der Waals surface area contributed by atoms with Crippen molar-refractivity contribution in [3.8, 4) is 17.1 Å². The summed E-state index contributed by atoms with van der Waals surface area (Å²) < 4.78 is 7.86. The van der Waals surface area contributed by atoms with Crippen LogP contribution in [-0.4, -0.2) is 50.5 Å². The first kappa shape index (κ1) is 19.8. The van der Waals surface area contributed by atoms with Gasteiger partial charge in [0, 0.05) is 30.7 Å². The predicted octanol–water partition coefficient (Wildman–Crippen LogP) is 4.66. The van der Waals surface area contributed by atoms with Gasteiger partial charge in [0.15, 0.2) is 5.15 Å². The molecule has 1 fully saturated rings. The Kier molecular flexibility index (Phi) is 5.69. The summed E-state index contributed by atoms with van der Waals surface area (Å²) in [6.07, 6.45) is 6.21. The van der Waals surface area contributed by atoms with Crippen LogP contribution >= 0.6 is 11.6 Å². The number of halogens is 1. The molecule has 0 spiro atoms. The van der Waals surface area contributed by atoms with Gasteiger partial charge in [0.05, 0.1) is 5.69 Å². The molecular formula is C23H23ClN6O. The number of nitrogens with zero attached hydrogens (tertiary/aromatic N) is 5. The van der Waals surface area contributed by atoms with Gasteiger partial charge in [-0.05, 0) is 56.3 Å². The van der Waals surface area contributed by atoms with E-state index < -0.39 is 0 Å². The first-order chi connectivity index (χ1) is 15.3. The van der Waals surface area contributed by atoms with Gasteiger partial charge in [-0.15, -0.1) is 0 Å². The van der Waals surface area contributed by atoms with Crippen molar-refractivity contribution in [2.75, 3.05) is 31.6 Å². The van der Waals surface area contributed by atoms with E-state index in [1.165, 1.54) is 25.9 Å². The second-order valence-corrected chi connectivity index (χ2v) is 7.85. The van der Waals surface area contributed by atoms with Gasteiger partial charge in [0.2, 0.25) is 5.95 Å². The van der Waals surface area contributed by atoms with Crippen molar-refractivity contribution >= 4 is 28.9 Å². The molecule has 158 valence electrons. The Morgan fingerprint density at radius 2 is 1.94 bits per heavy atom. The minimum atomic E-state index is 0.407. The Morgan fingerprint density at radius 1 is 1.03 bits per heavy atom. The average Bonchev–Trinajstić information content (AvgIpc) is 3.41. The van der Waals surface area contributed by atoms with Crippen LogP contribution < -0.4 is 10.1 Å². The number of imidazole rings is 1. The number of rotatable bonds is 7. The molecular weight excluding hydrogens is 412 g/mol. The number of pyridine rings is 1. The van der Waals surface area contributed by atoms with Gasteiger partial charge in [-0.1, -0.05) is 23.7 Å². The minimum Gasteiger partial charge on any atom is -0.492 e. The molecule has 1 N–H and O–H groups in total. The third-order valence-corrected chi connectivity index (χ3v) is 5.61. The number of benzene rings is 1. The maximum absolute atomic E-state index is 6.40. The van der Waals surface area contributed by atoms with Gasteiger partial charge in [-0.3, -0.25) is 9.30 Å². The molecule has 3 aromatic heterocycles. The van der Waals surface area contributed by atoms with Crippen LogP contribution in [0.5, 0.6) is 5.75 Å². The standard InChI is InChI=1S/C23H23ClN6O/c24-22-21(30-13-2-1-8-20(30)28-22)19-9-10-25-23(27-19)26-17-6-5-7-18(16-17)31-15-14-29-11-3-4-12-29/h1-2,5-10,13,16H,3-4,11-12,14-15H2,(H,25,26,27). The van der Waals surface area contributed by atoms with E-state index in [1.54, 1.807) is 6.20 Å². The van der Waals surface area contributed by atoms with Crippen LogP contribution in [0.3, 0.4) is 0 Å². The highest BCUT2D eigenvalue weighted by atomic mass is 35.5. The third-order valence-electron chi connectivity index (χ3n) is 5.35. The fraction of sp³-hybridized carbons (Fsp3) is 0.261. The Hall–Kier alpha value is -3.16. The quantitative estimate of drug-likeness (QED) is 0.456. The van der Waals surface area contributed by atoms with Crippen molar-refractivity contribution in [1.29, 1.82) is 0 Å². The van der Waals surface area contributed by atoms with Crippen molar-refractivity contribution in [3.05, 3.63) is 66.1 Å². The Balaban J connectivity index is 1.31. The molecule has 0 radical (unpaired) electrons. The number of aromatic nitrogens is 4. The molecule has 0 amide bonds. The van der Waals surface area contributed by atoms with Gasteiger partial charge >= 0.3 is 0 Å². The number of fused-ring (bicyclic) bond motifs is 1. The minimum absolute atomic E-state index is 0.407. The van der Waals surface area contributed by atoms with Gasteiger partial charge in [0.25, 0.3) is 0 Å². The summed E-state index contributed by atoms with van der Waals surface area (Å²) in [5.74, 6) is 1.30. The number of ether oxygens (including phenoxy) is 1. The molecule has 0 saturated carbocycles. The molecule has 5 rings (SSSR count). The normalized spacial score (nSPS) is 14.2. The van der Waals surface area contributed by atoms with Crippen LogP contribution in [0.1, 0.15) is 12.8 Å². The zero-order chi connectivity index (χ0) is 21.0. The van der Waals surface area contributed by atoms with Crippen LogP contribution in [-0.2, 0) is 0 Å². The summed E-state index contributed by atoms with van der Waals surface area (Å²) in [7, 11) is 0. The predicted molar refractivity (Wildman–Crippen MR) is 122 cm³/mol. The molecule has 4 heterocycles. The van der Waals surface area contributed by atoms with Crippen molar-refractivity contribution < 1.29 is 4.74 Å². The SMILES string of the molecule is Clc1nc2ccccn2c1-c1ccnc(Nc2cccc(OCCN3CCCC3)c2)n1. The van der Waals surface area contributed by atoms with E-state index in [0.29, 0.717) is 23.4 Å². The van der Waals surface area contributed by atoms with E-state index in [1.807, 2.05) is 59.1 Å². The lowest BCUT2D eigenvalue weighted by molar-refractivity contribution is 0.238. The molecule has 0 atom stereocenters. The number of hydrogen-bond donors (Lipinski definition) is 1. The molecule has 7 nitrogen and oxygen atoms in total. The lowest BCUT2D eigenvalue weighted by Crippen LogP contribution is -2.25. The zero-order valence-electron chi connectivity index (χ0n) is 17.0. The van der Waals surface area contributed by atoms with E-state index in [2.05, 4.69) is 25.2 Å². The van der Waals surface area contributed by atoms with E-state index in [4.69, 9.17) is 16.3 Å². The summed E-state index contributed by atoms with van der Waals surface area (Å²) in [6.45, 7) is 4.00. The fourth-order valence-electron chi connectivity index (χ4n) is 3.84. The summed E-state index contributed by atoms with van der Waals surface area (Å²) >= 11 is 6.40. The second kappa shape index (κ2) is 8.91. The summed E-state index contributed by atoms with van der Waals surface area (Å²) in [4.78, 5) is 15.8. The Bertz CT molecular complexity index is 1190. The van der Waals surface area contributed by atoms with E-state index in [0.717, 1.165) is 29.3 Å². The molecule has 1 saturated heterocycles. The maximum Gasteiger partial charge on any atom is 0.227 e. The molecule has 1 aliphatic rings. The number of likely N-dealkylation sites (tertiary alicyclic amines) is 1. The molecule has 0 bridgehead atoms. The van der Waals surface area contributed by atoms with Gasteiger partial charge < -0.3 is 10.1 Å². The fourth-order valence-corrected chi connectivity index (χ4v) is 4.11. The van der Waals surface area contributed by atoms with Crippen molar-refractivity contribution in [2.24, 2.45) is 0 Å². The third kappa shape index (κ3) is 4.47. The molecule has 31 heavy (non-hydrogen) atoms. The van der Waals surface area contributed by atoms with Crippen LogP contribution in [0.25, 0.3) is 17.0 Å². The Morgan fingerprint density at radius 3 is 2.84 bits per heavy atom. The zero-order valence-corrected chi connectivity index (χ0v) is 17.8. The van der Waals surface area contributed by atoms with Gasteiger partial charge in [0.1, 0.15) is 23.7 Å². The smallest absolute Gasteiger partial charge is 0.227 e. The number of nitrogens with one attached hydrogen (secondary N) is 1. The van der Waals surface area contributed by atoms with Crippen molar-refractivity contribution in [1.82, 2.24) is 24.3 Å². The van der Waals surface area contributed by atoms with Crippen LogP contribution in [0.15, 0.2) is 60.9 Å². The average molecular weight is 435 g/mol. The summed E-state index contributed by atoms with van der Waals surface area (Å²) in [5.41, 5.74) is 3.07. The second-order valence-electron chi connectivity index (χ2n) is 7.50. The molecule has 0 unspecified atom stereocenters. The molecule has 1 aliphatic heterocycles. The number of anilines is 2. The van der Waals surface area contributed by atoms with E-state index >= 15 is 0 Å². The lowest BCUT2D eigenvalue weighted by Gasteiger charge is -2.15. The van der Waals surface area contributed by atoms with Crippen LogP contribution in [0, 0.1) is 0 Å². The van der Waals surface area contributed by atoms with Crippen LogP contribution in [0.2, 0.25) is 5.15 Å². The highest BCUT2D eigenvalue weighted by Gasteiger charge is 2.14. The highest BCUT2D eigenvalue weighted by molar-refractivity contribution is 6.32. The molecule has 1 aromatic carbocycles. The Labute approximate surface area is 185 Å². The topological polar surface area (TPSA) is 67.6 Å². The number of hydrogen-bond acceptors (Lipinski definition) is 6. The van der Waals surface area contributed by atoms with Crippen LogP contribution in [0.4, 0.5) is 11.6 Å². The lowest BCUT2D eigenvalue weighted by atomic mass is 10.3.